The predicted octanol–water partition coefficient (Wildman–Crippen LogP) is 2.25. The van der Waals surface area contributed by atoms with Crippen LogP contribution in [0, 0.1) is 11.7 Å². The molecule has 0 aliphatic rings. The summed E-state index contributed by atoms with van der Waals surface area (Å²) in [5.41, 5.74) is 0. The van der Waals surface area contributed by atoms with E-state index in [2.05, 4.69) is 15.3 Å². The molecular weight excluding hydrogens is 221 g/mol. The maximum absolute atomic E-state index is 13.1. The van der Waals surface area contributed by atoms with Crippen LogP contribution in [0.25, 0.3) is 0 Å². The number of carbonyl (C=O) groups excluding carboxylic acids is 1. The highest BCUT2D eigenvalue weighted by molar-refractivity contribution is 6.28. The molecule has 0 unspecified atom stereocenters. The van der Waals surface area contributed by atoms with Gasteiger partial charge in [-0.25, -0.2) is 9.37 Å². The quantitative estimate of drug-likeness (QED) is 0.812. The van der Waals surface area contributed by atoms with Gasteiger partial charge in [-0.15, -0.1) is 0 Å². The molecule has 1 N–H and O–H groups in total. The number of hydrogen-bond donors (Lipinski definition) is 1. The SMILES string of the molecule is CC(C)CC(=O)Nc1nc(Cl)ncc1F. The van der Waals surface area contributed by atoms with E-state index in [0.29, 0.717) is 6.42 Å². The molecule has 15 heavy (non-hydrogen) atoms. The summed E-state index contributed by atoms with van der Waals surface area (Å²) in [6.45, 7) is 3.78. The first-order chi connectivity index (χ1) is 6.99. The van der Waals surface area contributed by atoms with Gasteiger partial charge in [-0.3, -0.25) is 4.79 Å². The van der Waals surface area contributed by atoms with Crippen LogP contribution in [-0.2, 0) is 4.79 Å². The molecular formula is C9H11ClFN3O. The van der Waals surface area contributed by atoms with Crippen LogP contribution in [-0.4, -0.2) is 15.9 Å². The Morgan fingerprint density at radius 1 is 1.67 bits per heavy atom. The summed E-state index contributed by atoms with van der Waals surface area (Å²) in [6.07, 6.45) is 1.22. The van der Waals surface area contributed by atoms with Gasteiger partial charge in [-0.2, -0.15) is 4.98 Å². The molecule has 0 fully saturated rings. The predicted molar refractivity (Wildman–Crippen MR) is 55.1 cm³/mol. The maximum atomic E-state index is 13.1. The van der Waals surface area contributed by atoms with Crippen molar-refractivity contribution >= 4 is 23.3 Å². The van der Waals surface area contributed by atoms with E-state index in [9.17, 15) is 9.18 Å². The minimum Gasteiger partial charge on any atom is -0.308 e. The Hall–Kier alpha value is -1.23. The molecule has 0 saturated heterocycles. The molecule has 1 aromatic rings. The lowest BCUT2D eigenvalue weighted by molar-refractivity contribution is -0.116. The first kappa shape index (κ1) is 11.8. The maximum Gasteiger partial charge on any atom is 0.225 e. The van der Waals surface area contributed by atoms with Gasteiger partial charge in [0.1, 0.15) is 0 Å². The molecule has 0 spiro atoms. The number of rotatable bonds is 3. The third-order valence-electron chi connectivity index (χ3n) is 1.57. The first-order valence-electron chi connectivity index (χ1n) is 4.47. The number of hydrogen-bond acceptors (Lipinski definition) is 3. The standard InChI is InChI=1S/C9H11ClFN3O/c1-5(2)3-7(15)13-8-6(11)4-12-9(10)14-8/h4-5H,3H2,1-2H3,(H,12,13,14,15). The third kappa shape index (κ3) is 3.79. The topological polar surface area (TPSA) is 54.9 Å². The summed E-state index contributed by atoms with van der Waals surface area (Å²) >= 11 is 5.47. The van der Waals surface area contributed by atoms with Crippen molar-refractivity contribution in [2.45, 2.75) is 20.3 Å². The lowest BCUT2D eigenvalue weighted by Gasteiger charge is -2.06. The van der Waals surface area contributed by atoms with Crippen molar-refractivity contribution in [3.05, 3.63) is 17.3 Å². The number of nitrogens with zero attached hydrogens (tertiary/aromatic N) is 2. The second-order valence-corrected chi connectivity index (χ2v) is 3.82. The van der Waals surface area contributed by atoms with Crippen LogP contribution in [0.2, 0.25) is 5.28 Å². The van der Waals surface area contributed by atoms with E-state index in [4.69, 9.17) is 11.6 Å². The number of amides is 1. The van der Waals surface area contributed by atoms with Crippen LogP contribution in [0.1, 0.15) is 20.3 Å². The third-order valence-corrected chi connectivity index (χ3v) is 1.75. The summed E-state index contributed by atoms with van der Waals surface area (Å²) in [7, 11) is 0. The Bertz CT molecular complexity index is 370. The molecule has 1 amide bonds. The molecule has 1 heterocycles. The molecule has 6 heteroatoms. The number of halogens is 2. The summed E-state index contributed by atoms with van der Waals surface area (Å²) in [5, 5.41) is 2.23. The van der Waals surface area contributed by atoms with E-state index in [1.54, 1.807) is 0 Å². The zero-order chi connectivity index (χ0) is 11.4. The van der Waals surface area contributed by atoms with Gasteiger partial charge in [0.15, 0.2) is 11.6 Å². The number of nitrogens with one attached hydrogen (secondary N) is 1. The Balaban J connectivity index is 2.71. The number of aromatic nitrogens is 2. The summed E-state index contributed by atoms with van der Waals surface area (Å²) in [4.78, 5) is 18.3. The second-order valence-electron chi connectivity index (χ2n) is 3.48. The molecule has 0 radical (unpaired) electrons. The van der Waals surface area contributed by atoms with Crippen LogP contribution < -0.4 is 5.32 Å². The van der Waals surface area contributed by atoms with Gasteiger partial charge in [0, 0.05) is 6.42 Å². The summed E-state index contributed by atoms with van der Waals surface area (Å²) in [5.74, 6) is -0.971. The Morgan fingerprint density at radius 2 is 2.33 bits per heavy atom. The van der Waals surface area contributed by atoms with Crippen molar-refractivity contribution in [1.82, 2.24) is 9.97 Å². The average Bonchev–Trinajstić information content (AvgIpc) is 2.10. The van der Waals surface area contributed by atoms with E-state index >= 15 is 0 Å². The van der Waals surface area contributed by atoms with Crippen molar-refractivity contribution in [2.24, 2.45) is 5.92 Å². The molecule has 0 aliphatic heterocycles. The zero-order valence-corrected chi connectivity index (χ0v) is 9.18. The van der Waals surface area contributed by atoms with Crippen LogP contribution in [0.15, 0.2) is 6.20 Å². The molecule has 0 bridgehead atoms. The fourth-order valence-corrected chi connectivity index (χ4v) is 1.12. The molecule has 0 aliphatic carbocycles. The normalized spacial score (nSPS) is 10.5. The molecule has 4 nitrogen and oxygen atoms in total. The molecule has 0 saturated carbocycles. The van der Waals surface area contributed by atoms with Crippen molar-refractivity contribution in [1.29, 1.82) is 0 Å². The highest BCUT2D eigenvalue weighted by Crippen LogP contribution is 2.12. The monoisotopic (exact) mass is 231 g/mol. The number of anilines is 1. The van der Waals surface area contributed by atoms with Crippen LogP contribution in [0.5, 0.6) is 0 Å². The fourth-order valence-electron chi connectivity index (χ4n) is 0.987. The summed E-state index contributed by atoms with van der Waals surface area (Å²) in [6, 6.07) is 0. The van der Waals surface area contributed by atoms with Gasteiger partial charge < -0.3 is 5.32 Å². The number of carbonyl (C=O) groups is 1. The van der Waals surface area contributed by atoms with E-state index in [-0.39, 0.29) is 22.9 Å². The lowest BCUT2D eigenvalue weighted by atomic mass is 10.1. The Kier molecular flexibility index (Phi) is 3.96. The van der Waals surface area contributed by atoms with Gasteiger partial charge in [-0.05, 0) is 17.5 Å². The Morgan fingerprint density at radius 3 is 2.93 bits per heavy atom. The highest BCUT2D eigenvalue weighted by atomic mass is 35.5. The van der Waals surface area contributed by atoms with Crippen LogP contribution >= 0.6 is 11.6 Å². The highest BCUT2D eigenvalue weighted by Gasteiger charge is 2.10. The van der Waals surface area contributed by atoms with Gasteiger partial charge >= 0.3 is 0 Å². The first-order valence-corrected chi connectivity index (χ1v) is 4.84. The average molecular weight is 232 g/mol. The van der Waals surface area contributed by atoms with Gasteiger partial charge in [-0.1, -0.05) is 13.8 Å². The second kappa shape index (κ2) is 5.02. The summed E-state index contributed by atoms with van der Waals surface area (Å²) < 4.78 is 13.1. The minimum absolute atomic E-state index is 0.101. The van der Waals surface area contributed by atoms with Crippen LogP contribution in [0.4, 0.5) is 10.2 Å². The largest absolute Gasteiger partial charge is 0.308 e. The van der Waals surface area contributed by atoms with E-state index in [0.717, 1.165) is 6.20 Å². The van der Waals surface area contributed by atoms with Crippen LogP contribution in [0.3, 0.4) is 0 Å². The molecule has 0 atom stereocenters. The fraction of sp³-hybridized carbons (Fsp3) is 0.444. The molecule has 82 valence electrons. The van der Waals surface area contributed by atoms with Crippen molar-refractivity contribution in [3.63, 3.8) is 0 Å². The van der Waals surface area contributed by atoms with Gasteiger partial charge in [0.05, 0.1) is 6.20 Å². The van der Waals surface area contributed by atoms with Crippen molar-refractivity contribution in [2.75, 3.05) is 5.32 Å². The molecule has 1 rings (SSSR count). The van der Waals surface area contributed by atoms with E-state index in [1.165, 1.54) is 0 Å². The lowest BCUT2D eigenvalue weighted by Crippen LogP contribution is -2.16. The minimum atomic E-state index is -0.698. The zero-order valence-electron chi connectivity index (χ0n) is 8.42. The molecule has 0 aromatic carbocycles. The molecule has 1 aromatic heterocycles. The van der Waals surface area contributed by atoms with Crippen molar-refractivity contribution < 1.29 is 9.18 Å². The van der Waals surface area contributed by atoms with E-state index in [1.807, 2.05) is 13.8 Å². The van der Waals surface area contributed by atoms with Gasteiger partial charge in [0.2, 0.25) is 11.2 Å². The van der Waals surface area contributed by atoms with Gasteiger partial charge in [0.25, 0.3) is 0 Å². The van der Waals surface area contributed by atoms with Crippen molar-refractivity contribution in [3.8, 4) is 0 Å². The smallest absolute Gasteiger partial charge is 0.225 e. The van der Waals surface area contributed by atoms with E-state index < -0.39 is 5.82 Å². The Labute approximate surface area is 91.9 Å².